The number of phosphoric ester groups is 1. The number of aliphatic hydroxyl groups is 1. The van der Waals surface area contributed by atoms with Crippen molar-refractivity contribution < 1.29 is 32.9 Å². The Hall–Kier alpha value is -1.28. The number of hydrogen-bond acceptors (Lipinski definition) is 6. The van der Waals surface area contributed by atoms with Gasteiger partial charge in [0.1, 0.15) is 13.2 Å². The number of unbranched alkanes of at least 4 members (excludes halogenated alkanes) is 32. The highest BCUT2D eigenvalue weighted by molar-refractivity contribution is 7.45. The van der Waals surface area contributed by atoms with Crippen molar-refractivity contribution >= 4 is 13.7 Å². The summed E-state index contributed by atoms with van der Waals surface area (Å²) < 4.78 is 23.2. The standard InChI is InChI=1S/C54H105N2O6P/c1-6-8-10-12-14-16-17-18-19-20-21-22-23-24-25-26-27-28-29-30-31-32-33-34-35-36-37-38-40-42-44-46-48-54(58)55-52(51-62-63(59,60)61-50-49-56(3,4)5)53(57)47-45-43-41-39-15-13-11-9-7-2/h15,24-25,39,45,47,52-53,57H,6-14,16-23,26-38,40-44,46,48-51H2,1-5H3,(H-,55,58,59,60)/b25-24-,39-15+,47-45+. The van der Waals surface area contributed by atoms with Gasteiger partial charge in [-0.05, 0) is 57.8 Å². The maximum Gasteiger partial charge on any atom is 0.268 e. The zero-order valence-corrected chi connectivity index (χ0v) is 43.2. The number of hydrogen-bond donors (Lipinski definition) is 2. The van der Waals surface area contributed by atoms with E-state index in [1.54, 1.807) is 6.08 Å². The summed E-state index contributed by atoms with van der Waals surface area (Å²) in [7, 11) is 1.25. The Kier molecular flexibility index (Phi) is 44.9. The summed E-state index contributed by atoms with van der Waals surface area (Å²) in [5, 5.41) is 13.7. The van der Waals surface area contributed by atoms with Crippen LogP contribution < -0.4 is 10.2 Å². The van der Waals surface area contributed by atoms with Crippen molar-refractivity contribution in [2.24, 2.45) is 0 Å². The molecule has 372 valence electrons. The van der Waals surface area contributed by atoms with E-state index in [-0.39, 0.29) is 12.5 Å². The molecule has 9 heteroatoms. The molecule has 0 aromatic rings. The third-order valence-electron chi connectivity index (χ3n) is 12.1. The smallest absolute Gasteiger partial charge is 0.268 e. The van der Waals surface area contributed by atoms with Gasteiger partial charge in [-0.2, -0.15) is 0 Å². The Morgan fingerprint density at radius 1 is 0.540 bits per heavy atom. The van der Waals surface area contributed by atoms with Gasteiger partial charge in [0, 0.05) is 6.42 Å². The highest BCUT2D eigenvalue weighted by Gasteiger charge is 2.23. The number of likely N-dealkylation sites (N-methyl/N-ethyl adjacent to an activating group) is 1. The molecular formula is C54H105N2O6P. The molecule has 0 heterocycles. The van der Waals surface area contributed by atoms with Crippen LogP contribution in [0.2, 0.25) is 0 Å². The fourth-order valence-electron chi connectivity index (χ4n) is 7.81. The molecule has 0 aliphatic heterocycles. The zero-order chi connectivity index (χ0) is 46.4. The van der Waals surface area contributed by atoms with Crippen LogP contribution in [0.3, 0.4) is 0 Å². The molecule has 8 nitrogen and oxygen atoms in total. The van der Waals surface area contributed by atoms with Gasteiger partial charge in [0.25, 0.3) is 7.82 Å². The number of aliphatic hydroxyl groups excluding tert-OH is 1. The highest BCUT2D eigenvalue weighted by Crippen LogP contribution is 2.38. The van der Waals surface area contributed by atoms with Crippen LogP contribution >= 0.6 is 7.82 Å². The molecule has 1 amide bonds. The molecule has 0 radical (unpaired) electrons. The minimum absolute atomic E-state index is 0.00585. The highest BCUT2D eigenvalue weighted by atomic mass is 31.2. The lowest BCUT2D eigenvalue weighted by Gasteiger charge is -2.29. The lowest BCUT2D eigenvalue weighted by atomic mass is 10.0. The monoisotopic (exact) mass is 909 g/mol. The first kappa shape index (κ1) is 61.7. The van der Waals surface area contributed by atoms with Crippen molar-refractivity contribution in [3.8, 4) is 0 Å². The molecule has 0 saturated heterocycles. The largest absolute Gasteiger partial charge is 0.756 e. The number of nitrogens with zero attached hydrogens (tertiary/aromatic N) is 1. The molecule has 0 spiro atoms. The molecule has 3 unspecified atom stereocenters. The number of allylic oxidation sites excluding steroid dienone is 5. The van der Waals surface area contributed by atoms with E-state index in [2.05, 4.69) is 43.5 Å². The number of nitrogens with one attached hydrogen (secondary N) is 1. The molecule has 63 heavy (non-hydrogen) atoms. The topological polar surface area (TPSA) is 108 Å². The first-order chi connectivity index (χ1) is 30.5. The van der Waals surface area contributed by atoms with Crippen LogP contribution in [0, 0.1) is 0 Å². The van der Waals surface area contributed by atoms with Gasteiger partial charge in [-0.3, -0.25) is 9.36 Å². The van der Waals surface area contributed by atoms with Gasteiger partial charge in [-0.15, -0.1) is 0 Å². The van der Waals surface area contributed by atoms with Gasteiger partial charge in [-0.1, -0.05) is 224 Å². The van der Waals surface area contributed by atoms with Crippen molar-refractivity contribution in [2.75, 3.05) is 40.9 Å². The second-order valence-electron chi connectivity index (χ2n) is 19.6. The third-order valence-corrected chi connectivity index (χ3v) is 13.0. The van der Waals surface area contributed by atoms with Crippen molar-refractivity contribution in [1.82, 2.24) is 5.32 Å². The van der Waals surface area contributed by atoms with Gasteiger partial charge in [-0.25, -0.2) is 0 Å². The van der Waals surface area contributed by atoms with Gasteiger partial charge in [0.2, 0.25) is 5.91 Å². The Morgan fingerprint density at radius 3 is 1.32 bits per heavy atom. The Labute approximate surface area is 391 Å². The maximum absolute atomic E-state index is 12.9. The van der Waals surface area contributed by atoms with E-state index >= 15 is 0 Å². The van der Waals surface area contributed by atoms with E-state index in [1.165, 1.54) is 193 Å². The van der Waals surface area contributed by atoms with Gasteiger partial charge >= 0.3 is 0 Å². The van der Waals surface area contributed by atoms with Crippen LogP contribution in [0.4, 0.5) is 0 Å². The molecule has 3 atom stereocenters. The summed E-state index contributed by atoms with van der Waals surface area (Å²) >= 11 is 0. The van der Waals surface area contributed by atoms with E-state index in [0.717, 1.165) is 38.5 Å². The molecule has 0 aliphatic rings. The Bertz CT molecular complexity index is 1120. The molecule has 0 aromatic heterocycles. The van der Waals surface area contributed by atoms with Gasteiger partial charge < -0.3 is 28.8 Å². The molecular weight excluding hydrogens is 804 g/mol. The molecule has 0 bridgehead atoms. The number of rotatable bonds is 49. The minimum atomic E-state index is -4.59. The number of phosphoric acid groups is 1. The van der Waals surface area contributed by atoms with Crippen molar-refractivity contribution in [3.05, 3.63) is 36.5 Å². The van der Waals surface area contributed by atoms with Crippen molar-refractivity contribution in [1.29, 1.82) is 0 Å². The summed E-state index contributed by atoms with van der Waals surface area (Å²) in [6.07, 6.45) is 58.2. The molecule has 0 saturated carbocycles. The Morgan fingerprint density at radius 2 is 0.889 bits per heavy atom. The van der Waals surface area contributed by atoms with E-state index in [9.17, 15) is 19.4 Å². The SMILES string of the molecule is CCCCC/C=C/CC/C=C/C(O)C(COP(=O)([O-])OCC[N+](C)(C)C)NC(=O)CCCCCCCCCCCCCCCCCC/C=C\CCCCCCCCCCCCCC. The fraction of sp³-hybridized carbons (Fsp3) is 0.870. The number of carbonyl (C=O) groups is 1. The summed E-state index contributed by atoms with van der Waals surface area (Å²) in [5.41, 5.74) is 0. The summed E-state index contributed by atoms with van der Waals surface area (Å²) in [6, 6.07) is -0.899. The molecule has 0 fully saturated rings. The molecule has 2 N–H and O–H groups in total. The summed E-state index contributed by atoms with van der Waals surface area (Å²) in [5.74, 6) is -0.208. The third kappa shape index (κ3) is 48.5. The Balaban J connectivity index is 3.94. The second kappa shape index (κ2) is 45.9. The lowest BCUT2D eigenvalue weighted by Crippen LogP contribution is -2.45. The first-order valence-electron chi connectivity index (χ1n) is 26.9. The zero-order valence-electron chi connectivity index (χ0n) is 42.3. The van der Waals surface area contributed by atoms with Crippen LogP contribution in [-0.2, 0) is 18.4 Å². The van der Waals surface area contributed by atoms with Crippen molar-refractivity contribution in [2.45, 2.75) is 264 Å². The molecule has 0 aromatic carbocycles. The quantitative estimate of drug-likeness (QED) is 0.0272. The second-order valence-corrected chi connectivity index (χ2v) is 21.0. The predicted octanol–water partition coefficient (Wildman–Crippen LogP) is 15.2. The number of amides is 1. The summed E-state index contributed by atoms with van der Waals surface area (Å²) in [6.45, 7) is 4.59. The van der Waals surface area contributed by atoms with Crippen LogP contribution in [0.15, 0.2) is 36.5 Å². The average Bonchev–Trinajstić information content (AvgIpc) is 3.24. The van der Waals surface area contributed by atoms with Crippen LogP contribution in [-0.4, -0.2) is 68.5 Å². The molecule has 0 aliphatic carbocycles. The first-order valence-corrected chi connectivity index (χ1v) is 28.3. The molecule has 0 rings (SSSR count). The predicted molar refractivity (Wildman–Crippen MR) is 270 cm³/mol. The van der Waals surface area contributed by atoms with Gasteiger partial charge in [0.05, 0.1) is 39.9 Å². The normalized spacial score (nSPS) is 14.3. The van der Waals surface area contributed by atoms with E-state index in [0.29, 0.717) is 17.4 Å². The maximum atomic E-state index is 12.9. The average molecular weight is 909 g/mol. The number of quaternary nitrogens is 1. The van der Waals surface area contributed by atoms with Gasteiger partial charge in [0.15, 0.2) is 0 Å². The number of carbonyl (C=O) groups excluding carboxylic acids is 1. The van der Waals surface area contributed by atoms with Crippen LogP contribution in [0.25, 0.3) is 0 Å². The lowest BCUT2D eigenvalue weighted by molar-refractivity contribution is -0.870. The van der Waals surface area contributed by atoms with E-state index in [4.69, 9.17) is 9.05 Å². The van der Waals surface area contributed by atoms with Crippen LogP contribution in [0.5, 0.6) is 0 Å². The van der Waals surface area contributed by atoms with E-state index < -0.39 is 26.6 Å². The summed E-state index contributed by atoms with van der Waals surface area (Å²) in [4.78, 5) is 25.3. The minimum Gasteiger partial charge on any atom is -0.756 e. The van der Waals surface area contributed by atoms with E-state index in [1.807, 2.05) is 27.2 Å². The van der Waals surface area contributed by atoms with Crippen molar-refractivity contribution in [3.63, 3.8) is 0 Å². The van der Waals surface area contributed by atoms with Crippen LogP contribution in [0.1, 0.15) is 251 Å². The fourth-order valence-corrected chi connectivity index (χ4v) is 8.53.